The van der Waals surface area contributed by atoms with E-state index in [4.69, 9.17) is 5.11 Å². The first-order valence-corrected chi connectivity index (χ1v) is 7.17. The average molecular weight is 281 g/mol. The van der Waals surface area contributed by atoms with Crippen molar-refractivity contribution in [2.45, 2.75) is 33.4 Å². The molecule has 6 nitrogen and oxygen atoms in total. The lowest BCUT2D eigenvalue weighted by Gasteiger charge is -1.99. The Bertz CT molecular complexity index is 508. The number of hydrogen-bond donors (Lipinski definition) is 2. The van der Waals surface area contributed by atoms with Crippen LogP contribution in [-0.4, -0.2) is 31.7 Å². The molecule has 0 fully saturated rings. The van der Waals surface area contributed by atoms with Crippen molar-refractivity contribution < 1.29 is 5.11 Å². The van der Waals surface area contributed by atoms with Crippen molar-refractivity contribution in [3.8, 4) is 0 Å². The van der Waals surface area contributed by atoms with Gasteiger partial charge in [-0.15, -0.1) is 10.2 Å². The maximum Gasteiger partial charge on any atom is 0.205 e. The van der Waals surface area contributed by atoms with Crippen molar-refractivity contribution in [2.24, 2.45) is 5.92 Å². The summed E-state index contributed by atoms with van der Waals surface area (Å²) in [6, 6.07) is 0. The molecule has 2 aromatic heterocycles. The van der Waals surface area contributed by atoms with E-state index in [0.29, 0.717) is 19.0 Å². The Hall–Kier alpha value is -1.47. The van der Waals surface area contributed by atoms with E-state index in [-0.39, 0.29) is 6.61 Å². The first kappa shape index (κ1) is 14.0. The molecule has 0 aliphatic heterocycles. The number of aliphatic hydroxyl groups is 1. The van der Waals surface area contributed by atoms with Crippen LogP contribution in [0.4, 0.5) is 5.13 Å². The van der Waals surface area contributed by atoms with Gasteiger partial charge in [-0.1, -0.05) is 25.2 Å². The van der Waals surface area contributed by atoms with Gasteiger partial charge >= 0.3 is 0 Å². The van der Waals surface area contributed by atoms with Gasteiger partial charge in [0.2, 0.25) is 5.13 Å². The maximum absolute atomic E-state index is 8.82. The highest BCUT2D eigenvalue weighted by Crippen LogP contribution is 2.18. The molecule has 2 rings (SSSR count). The van der Waals surface area contributed by atoms with Crippen molar-refractivity contribution in [3.63, 3.8) is 0 Å². The fourth-order valence-electron chi connectivity index (χ4n) is 1.66. The highest BCUT2D eigenvalue weighted by molar-refractivity contribution is 7.15. The van der Waals surface area contributed by atoms with Crippen molar-refractivity contribution >= 4 is 16.5 Å². The van der Waals surface area contributed by atoms with Crippen LogP contribution in [0.15, 0.2) is 12.4 Å². The van der Waals surface area contributed by atoms with Gasteiger partial charge in [-0.3, -0.25) is 4.68 Å². The molecule has 0 aliphatic rings. The van der Waals surface area contributed by atoms with Crippen molar-refractivity contribution in [3.05, 3.63) is 23.0 Å². The van der Waals surface area contributed by atoms with E-state index < -0.39 is 0 Å². The number of nitrogens with one attached hydrogen (secondary N) is 1. The summed E-state index contributed by atoms with van der Waals surface area (Å²) < 4.78 is 1.72. The first-order valence-electron chi connectivity index (χ1n) is 6.36. The number of anilines is 1. The summed E-state index contributed by atoms with van der Waals surface area (Å²) >= 11 is 1.60. The number of aliphatic hydroxyl groups excluding tert-OH is 1. The van der Waals surface area contributed by atoms with Crippen LogP contribution < -0.4 is 5.32 Å². The van der Waals surface area contributed by atoms with Gasteiger partial charge in [0.15, 0.2) is 0 Å². The highest BCUT2D eigenvalue weighted by Gasteiger charge is 2.06. The third kappa shape index (κ3) is 4.29. The fraction of sp³-hybridized carbons (Fsp3) is 0.583. The van der Waals surface area contributed by atoms with Crippen LogP contribution in [-0.2, 0) is 19.5 Å². The third-order valence-electron chi connectivity index (χ3n) is 2.51. The van der Waals surface area contributed by atoms with Gasteiger partial charge in [0.05, 0.1) is 19.3 Å². The molecule has 0 amide bonds. The Morgan fingerprint density at radius 3 is 3.00 bits per heavy atom. The molecule has 104 valence electrons. The predicted octanol–water partition coefficient (Wildman–Crippen LogP) is 1.54. The molecule has 2 heterocycles. The van der Waals surface area contributed by atoms with Gasteiger partial charge < -0.3 is 10.4 Å². The Morgan fingerprint density at radius 1 is 1.42 bits per heavy atom. The van der Waals surface area contributed by atoms with Crippen LogP contribution in [0, 0.1) is 5.92 Å². The molecule has 7 heteroatoms. The van der Waals surface area contributed by atoms with Crippen molar-refractivity contribution in [1.29, 1.82) is 0 Å². The summed E-state index contributed by atoms with van der Waals surface area (Å²) in [4.78, 5) is 0. The van der Waals surface area contributed by atoms with Gasteiger partial charge in [0.1, 0.15) is 5.01 Å². The van der Waals surface area contributed by atoms with Crippen LogP contribution in [0.2, 0.25) is 0 Å². The second kappa shape index (κ2) is 6.63. The molecule has 0 unspecified atom stereocenters. The maximum atomic E-state index is 8.82. The Balaban J connectivity index is 1.85. The standard InChI is InChI=1S/C12H19N5OS/c1-9(2)5-11-15-16-12(19-11)13-6-10-7-14-17(8-10)3-4-18/h7-9,18H,3-6H2,1-2H3,(H,13,16). The van der Waals surface area contributed by atoms with Crippen LogP contribution in [0.3, 0.4) is 0 Å². The van der Waals surface area contributed by atoms with E-state index in [1.807, 2.05) is 6.20 Å². The smallest absolute Gasteiger partial charge is 0.205 e. The molecule has 0 spiro atoms. The molecule has 2 N–H and O–H groups in total. The van der Waals surface area contributed by atoms with E-state index in [1.165, 1.54) is 0 Å². The molecule has 0 radical (unpaired) electrons. The lowest BCUT2D eigenvalue weighted by atomic mass is 10.1. The van der Waals surface area contributed by atoms with Gasteiger partial charge in [0.25, 0.3) is 0 Å². The Labute approximate surface area is 116 Å². The van der Waals surface area contributed by atoms with Crippen molar-refractivity contribution in [2.75, 3.05) is 11.9 Å². The SMILES string of the molecule is CC(C)Cc1nnc(NCc2cnn(CCO)c2)s1. The van der Waals surface area contributed by atoms with E-state index in [9.17, 15) is 0 Å². The monoisotopic (exact) mass is 281 g/mol. The third-order valence-corrected chi connectivity index (χ3v) is 3.41. The molecule has 0 saturated carbocycles. The molecule has 2 aromatic rings. The van der Waals surface area contributed by atoms with E-state index in [2.05, 4.69) is 34.5 Å². The molecular weight excluding hydrogens is 262 g/mol. The minimum atomic E-state index is 0.101. The lowest BCUT2D eigenvalue weighted by Crippen LogP contribution is -2.02. The number of aromatic nitrogens is 4. The summed E-state index contributed by atoms with van der Waals surface area (Å²) in [6.45, 7) is 5.64. The summed E-state index contributed by atoms with van der Waals surface area (Å²) in [5, 5.41) is 26.4. The van der Waals surface area contributed by atoms with Crippen LogP contribution in [0.1, 0.15) is 24.4 Å². The van der Waals surface area contributed by atoms with Gasteiger partial charge in [0, 0.05) is 24.7 Å². The zero-order valence-electron chi connectivity index (χ0n) is 11.2. The Kier molecular flexibility index (Phi) is 4.86. The number of rotatable bonds is 7. The summed E-state index contributed by atoms with van der Waals surface area (Å²) in [7, 11) is 0. The van der Waals surface area contributed by atoms with E-state index in [0.717, 1.165) is 22.1 Å². The van der Waals surface area contributed by atoms with Gasteiger partial charge in [-0.25, -0.2) is 0 Å². The van der Waals surface area contributed by atoms with Crippen LogP contribution >= 0.6 is 11.3 Å². The molecular formula is C12H19N5OS. The molecule has 0 bridgehead atoms. The molecule has 0 atom stereocenters. The van der Waals surface area contributed by atoms with E-state index in [1.54, 1.807) is 22.2 Å². The molecule has 19 heavy (non-hydrogen) atoms. The predicted molar refractivity (Wildman–Crippen MR) is 75.1 cm³/mol. The van der Waals surface area contributed by atoms with Crippen LogP contribution in [0.25, 0.3) is 0 Å². The zero-order chi connectivity index (χ0) is 13.7. The molecule has 0 aliphatic carbocycles. The topological polar surface area (TPSA) is 75.9 Å². The molecule has 0 saturated heterocycles. The van der Waals surface area contributed by atoms with Gasteiger partial charge in [-0.05, 0) is 5.92 Å². The summed E-state index contributed by atoms with van der Waals surface area (Å²) in [5.41, 5.74) is 1.06. The minimum Gasteiger partial charge on any atom is -0.394 e. The molecule has 0 aromatic carbocycles. The van der Waals surface area contributed by atoms with Crippen molar-refractivity contribution in [1.82, 2.24) is 20.0 Å². The average Bonchev–Trinajstić information content (AvgIpc) is 2.96. The normalized spacial score (nSPS) is 11.2. The van der Waals surface area contributed by atoms with Gasteiger partial charge in [-0.2, -0.15) is 5.10 Å². The number of nitrogens with zero attached hydrogens (tertiary/aromatic N) is 4. The van der Waals surface area contributed by atoms with E-state index >= 15 is 0 Å². The Morgan fingerprint density at radius 2 is 2.26 bits per heavy atom. The quantitative estimate of drug-likeness (QED) is 0.805. The highest BCUT2D eigenvalue weighted by atomic mass is 32.1. The second-order valence-corrected chi connectivity index (χ2v) is 5.85. The fourth-order valence-corrected chi connectivity index (χ4v) is 2.60. The second-order valence-electron chi connectivity index (χ2n) is 4.79. The zero-order valence-corrected chi connectivity index (χ0v) is 12.0. The lowest BCUT2D eigenvalue weighted by molar-refractivity contribution is 0.269. The number of hydrogen-bond acceptors (Lipinski definition) is 6. The first-order chi connectivity index (χ1) is 9.17. The largest absolute Gasteiger partial charge is 0.394 e. The minimum absolute atomic E-state index is 0.101. The van der Waals surface area contributed by atoms with Crippen LogP contribution in [0.5, 0.6) is 0 Å². The summed E-state index contributed by atoms with van der Waals surface area (Å²) in [6.07, 6.45) is 4.67. The summed E-state index contributed by atoms with van der Waals surface area (Å²) in [5.74, 6) is 0.595.